The quantitative estimate of drug-likeness (QED) is 0.339. The summed E-state index contributed by atoms with van der Waals surface area (Å²) >= 11 is 7.59. The lowest BCUT2D eigenvalue weighted by atomic mass is 10.1. The lowest BCUT2D eigenvalue weighted by molar-refractivity contribution is -0.113. The van der Waals surface area contributed by atoms with E-state index in [2.05, 4.69) is 29.1 Å². The van der Waals surface area contributed by atoms with Crippen molar-refractivity contribution in [3.8, 4) is 12.3 Å². The molecule has 0 N–H and O–H groups in total. The maximum atomic E-state index is 12.4. The maximum absolute atomic E-state index is 12.4. The molecule has 4 aromatic rings. The van der Waals surface area contributed by atoms with Crippen molar-refractivity contribution in [2.24, 2.45) is 4.99 Å². The van der Waals surface area contributed by atoms with Crippen LogP contribution in [0.2, 0.25) is 5.02 Å². The van der Waals surface area contributed by atoms with Crippen LogP contribution in [0.15, 0.2) is 71.7 Å². The molecule has 4 rings (SSSR count). The number of hydrogen-bond acceptors (Lipinski definition) is 2. The first-order valence-corrected chi connectivity index (χ1v) is 9.82. The molecule has 0 aliphatic heterocycles. The average Bonchev–Trinajstić information content (AvgIpc) is 3.05. The summed E-state index contributed by atoms with van der Waals surface area (Å²) in [6.45, 7) is 0.346. The van der Waals surface area contributed by atoms with Gasteiger partial charge in [-0.15, -0.1) is 6.42 Å². The predicted molar refractivity (Wildman–Crippen MR) is 117 cm³/mol. The Morgan fingerprint density at radius 3 is 2.75 bits per heavy atom. The lowest BCUT2D eigenvalue weighted by Crippen LogP contribution is -2.15. The normalized spacial score (nSPS) is 12.1. The molecular weight excluding hydrogens is 388 g/mol. The standard InChI is InChI=1S/C23H15ClN2OS/c1-2-15-26-20-13-11-16-7-3-5-9-18(16)22(20)28-23(26)25-21(27)14-12-17-8-4-6-10-19(17)24/h1,3-14H,15H2/b14-12+,25-23?. The molecule has 1 aromatic heterocycles. The highest BCUT2D eigenvalue weighted by Crippen LogP contribution is 2.27. The number of carbonyl (C=O) groups excluding carboxylic acids is 1. The highest BCUT2D eigenvalue weighted by molar-refractivity contribution is 7.17. The van der Waals surface area contributed by atoms with Crippen molar-refractivity contribution in [2.75, 3.05) is 0 Å². The van der Waals surface area contributed by atoms with Gasteiger partial charge in [-0.3, -0.25) is 4.79 Å². The lowest BCUT2D eigenvalue weighted by Gasteiger charge is -2.01. The Morgan fingerprint density at radius 2 is 1.93 bits per heavy atom. The van der Waals surface area contributed by atoms with Gasteiger partial charge in [0.25, 0.3) is 5.91 Å². The molecule has 28 heavy (non-hydrogen) atoms. The molecule has 3 nitrogen and oxygen atoms in total. The summed E-state index contributed by atoms with van der Waals surface area (Å²) in [5.74, 6) is 2.29. The number of terminal acetylenes is 1. The third kappa shape index (κ3) is 3.50. The van der Waals surface area contributed by atoms with E-state index in [1.54, 1.807) is 12.1 Å². The predicted octanol–water partition coefficient (Wildman–Crippen LogP) is 5.28. The van der Waals surface area contributed by atoms with Crippen molar-refractivity contribution in [3.63, 3.8) is 0 Å². The Balaban J connectivity index is 1.82. The van der Waals surface area contributed by atoms with E-state index in [0.29, 0.717) is 16.4 Å². The van der Waals surface area contributed by atoms with Crippen molar-refractivity contribution < 1.29 is 4.79 Å². The molecule has 1 heterocycles. The van der Waals surface area contributed by atoms with E-state index in [1.807, 2.05) is 41.0 Å². The van der Waals surface area contributed by atoms with Gasteiger partial charge in [-0.05, 0) is 29.2 Å². The van der Waals surface area contributed by atoms with Crippen LogP contribution in [0, 0.1) is 12.3 Å². The number of nitrogens with zero attached hydrogens (tertiary/aromatic N) is 2. The maximum Gasteiger partial charge on any atom is 0.272 e. The fraction of sp³-hybridized carbons (Fsp3) is 0.0435. The largest absolute Gasteiger partial charge is 0.305 e. The Labute approximate surface area is 171 Å². The minimum Gasteiger partial charge on any atom is -0.305 e. The van der Waals surface area contributed by atoms with E-state index in [0.717, 1.165) is 26.6 Å². The van der Waals surface area contributed by atoms with Crippen LogP contribution in [-0.4, -0.2) is 10.5 Å². The van der Waals surface area contributed by atoms with Crippen LogP contribution in [0.1, 0.15) is 5.56 Å². The molecule has 0 fully saturated rings. The van der Waals surface area contributed by atoms with Gasteiger partial charge in [0.05, 0.1) is 16.8 Å². The number of hydrogen-bond donors (Lipinski definition) is 0. The fourth-order valence-electron chi connectivity index (χ4n) is 3.03. The molecule has 0 atom stereocenters. The Bertz CT molecular complexity index is 1340. The third-order valence-corrected chi connectivity index (χ3v) is 5.81. The first-order chi connectivity index (χ1) is 13.7. The molecule has 0 spiro atoms. The van der Waals surface area contributed by atoms with Crippen molar-refractivity contribution in [3.05, 3.63) is 82.1 Å². The van der Waals surface area contributed by atoms with Gasteiger partial charge in [0.15, 0.2) is 4.80 Å². The smallest absolute Gasteiger partial charge is 0.272 e. The molecule has 0 saturated heterocycles. The number of benzene rings is 3. The Hall–Kier alpha value is -3.13. The van der Waals surface area contributed by atoms with Gasteiger partial charge >= 0.3 is 0 Å². The first-order valence-electron chi connectivity index (χ1n) is 8.63. The zero-order chi connectivity index (χ0) is 19.5. The summed E-state index contributed by atoms with van der Waals surface area (Å²) in [5, 5.41) is 2.85. The van der Waals surface area contributed by atoms with Gasteiger partial charge in [-0.1, -0.05) is 77.4 Å². The van der Waals surface area contributed by atoms with Gasteiger partial charge in [-0.25, -0.2) is 0 Å². The van der Waals surface area contributed by atoms with E-state index in [9.17, 15) is 4.79 Å². The van der Waals surface area contributed by atoms with E-state index >= 15 is 0 Å². The second kappa shape index (κ2) is 7.85. The second-order valence-corrected chi connectivity index (χ2v) is 7.50. The van der Waals surface area contributed by atoms with E-state index < -0.39 is 0 Å². The van der Waals surface area contributed by atoms with Crippen LogP contribution in [0.5, 0.6) is 0 Å². The van der Waals surface area contributed by atoms with Crippen LogP contribution in [-0.2, 0) is 11.3 Å². The summed E-state index contributed by atoms with van der Waals surface area (Å²) in [4.78, 5) is 17.3. The van der Waals surface area contributed by atoms with Crippen LogP contribution >= 0.6 is 22.9 Å². The van der Waals surface area contributed by atoms with Crippen LogP contribution in [0.4, 0.5) is 0 Å². The highest BCUT2D eigenvalue weighted by atomic mass is 35.5. The third-order valence-electron chi connectivity index (χ3n) is 4.34. The SMILES string of the molecule is C#CCn1c(=NC(=O)/C=C/c2ccccc2Cl)sc2c3ccccc3ccc21. The van der Waals surface area contributed by atoms with Gasteiger partial charge in [0.2, 0.25) is 0 Å². The topological polar surface area (TPSA) is 34.4 Å². The van der Waals surface area contributed by atoms with Crippen LogP contribution in [0.25, 0.3) is 27.1 Å². The molecular formula is C23H15ClN2OS. The summed E-state index contributed by atoms with van der Waals surface area (Å²) in [7, 11) is 0. The number of rotatable bonds is 3. The van der Waals surface area contributed by atoms with Gasteiger partial charge in [-0.2, -0.15) is 4.99 Å². The minimum absolute atomic E-state index is 0.346. The summed E-state index contributed by atoms with van der Waals surface area (Å²) in [5.41, 5.74) is 1.75. The van der Waals surface area contributed by atoms with Crippen molar-refractivity contribution in [1.29, 1.82) is 0 Å². The molecule has 5 heteroatoms. The number of aromatic nitrogens is 1. The molecule has 136 valence electrons. The van der Waals surface area contributed by atoms with Crippen LogP contribution < -0.4 is 4.80 Å². The first kappa shape index (κ1) is 18.2. The van der Waals surface area contributed by atoms with Gasteiger partial charge < -0.3 is 4.57 Å². The number of fused-ring (bicyclic) bond motifs is 3. The molecule has 3 aromatic carbocycles. The molecule has 0 bridgehead atoms. The summed E-state index contributed by atoms with van der Waals surface area (Å²) < 4.78 is 2.96. The Kier molecular flexibility index (Phi) is 5.12. The minimum atomic E-state index is -0.360. The van der Waals surface area contributed by atoms with Gasteiger partial charge in [0.1, 0.15) is 0 Å². The van der Waals surface area contributed by atoms with Gasteiger partial charge in [0, 0.05) is 16.5 Å². The second-order valence-electron chi connectivity index (χ2n) is 6.11. The van der Waals surface area contributed by atoms with E-state index in [4.69, 9.17) is 18.0 Å². The molecule has 0 radical (unpaired) electrons. The van der Waals surface area contributed by atoms with Crippen molar-refractivity contribution in [2.45, 2.75) is 6.54 Å². The number of amides is 1. The zero-order valence-corrected chi connectivity index (χ0v) is 16.4. The van der Waals surface area contributed by atoms with Crippen LogP contribution in [0.3, 0.4) is 0 Å². The monoisotopic (exact) mass is 402 g/mol. The fourth-order valence-corrected chi connectivity index (χ4v) is 4.40. The summed E-state index contributed by atoms with van der Waals surface area (Å²) in [6.07, 6.45) is 8.64. The van der Waals surface area contributed by atoms with E-state index in [1.165, 1.54) is 17.4 Å². The average molecular weight is 403 g/mol. The number of halogens is 1. The molecule has 0 aliphatic rings. The zero-order valence-electron chi connectivity index (χ0n) is 14.8. The molecule has 0 aliphatic carbocycles. The number of carbonyl (C=O) groups is 1. The van der Waals surface area contributed by atoms with Crippen molar-refractivity contribution >= 4 is 55.9 Å². The van der Waals surface area contributed by atoms with Crippen molar-refractivity contribution in [1.82, 2.24) is 4.57 Å². The highest BCUT2D eigenvalue weighted by Gasteiger charge is 2.09. The molecule has 0 saturated carbocycles. The number of thiazole rings is 1. The summed E-state index contributed by atoms with van der Waals surface area (Å²) in [6, 6.07) is 19.5. The molecule has 1 amide bonds. The Morgan fingerprint density at radius 1 is 1.14 bits per heavy atom. The van der Waals surface area contributed by atoms with E-state index in [-0.39, 0.29) is 5.91 Å². The molecule has 0 unspecified atom stereocenters.